The predicted molar refractivity (Wildman–Crippen MR) is 87.1 cm³/mol. The summed E-state index contributed by atoms with van der Waals surface area (Å²) in [6, 6.07) is 1.14. The lowest BCUT2D eigenvalue weighted by molar-refractivity contribution is -0.00357. The Kier molecular flexibility index (Phi) is 6.06. The van der Waals surface area contributed by atoms with Gasteiger partial charge in [0.1, 0.15) is 0 Å². The smallest absolute Gasteiger partial charge is 0.0597 e. The van der Waals surface area contributed by atoms with Crippen molar-refractivity contribution in [2.24, 2.45) is 10.8 Å². The van der Waals surface area contributed by atoms with Crippen molar-refractivity contribution >= 4 is 0 Å². The zero-order chi connectivity index (χ0) is 15.6. The third-order valence-corrected chi connectivity index (χ3v) is 4.29. The first-order valence-electron chi connectivity index (χ1n) is 8.11. The number of rotatable bonds is 4. The van der Waals surface area contributed by atoms with Gasteiger partial charge in [-0.25, -0.2) is 0 Å². The minimum absolute atomic E-state index is 0.299. The Bertz CT molecular complexity index is 288. The molecule has 3 heteroatoms. The van der Waals surface area contributed by atoms with Crippen molar-refractivity contribution in [3.05, 3.63) is 0 Å². The Labute approximate surface area is 126 Å². The van der Waals surface area contributed by atoms with Crippen LogP contribution in [-0.4, -0.2) is 49.3 Å². The van der Waals surface area contributed by atoms with E-state index in [1.165, 1.54) is 0 Å². The maximum Gasteiger partial charge on any atom is 0.0597 e. The van der Waals surface area contributed by atoms with Crippen LogP contribution in [0.15, 0.2) is 0 Å². The molecule has 2 unspecified atom stereocenters. The molecule has 20 heavy (non-hydrogen) atoms. The van der Waals surface area contributed by atoms with E-state index in [9.17, 15) is 0 Å². The monoisotopic (exact) mass is 284 g/mol. The molecule has 1 heterocycles. The second-order valence-corrected chi connectivity index (χ2v) is 8.62. The van der Waals surface area contributed by atoms with Crippen molar-refractivity contribution in [2.75, 3.05) is 26.2 Å². The minimum atomic E-state index is 0.299. The number of hydrogen-bond acceptors (Lipinski definition) is 3. The van der Waals surface area contributed by atoms with Gasteiger partial charge in [0.2, 0.25) is 0 Å². The number of hydrogen-bond donors (Lipinski definition) is 1. The van der Waals surface area contributed by atoms with Gasteiger partial charge < -0.3 is 10.1 Å². The van der Waals surface area contributed by atoms with Gasteiger partial charge >= 0.3 is 0 Å². The van der Waals surface area contributed by atoms with Gasteiger partial charge in [-0.3, -0.25) is 4.90 Å². The Balaban J connectivity index is 2.68. The highest BCUT2D eigenvalue weighted by molar-refractivity contribution is 4.95. The first-order chi connectivity index (χ1) is 9.01. The van der Waals surface area contributed by atoms with Crippen LogP contribution in [0.3, 0.4) is 0 Å². The van der Waals surface area contributed by atoms with E-state index in [0.29, 0.717) is 29.0 Å². The van der Waals surface area contributed by atoms with Crippen LogP contribution < -0.4 is 5.32 Å². The summed E-state index contributed by atoms with van der Waals surface area (Å²) < 4.78 is 5.76. The topological polar surface area (TPSA) is 24.5 Å². The summed E-state index contributed by atoms with van der Waals surface area (Å²) in [6.45, 7) is 22.3. The average molecular weight is 284 g/mol. The molecule has 120 valence electrons. The van der Waals surface area contributed by atoms with Crippen molar-refractivity contribution in [2.45, 2.75) is 73.6 Å². The van der Waals surface area contributed by atoms with E-state index < -0.39 is 0 Å². The minimum Gasteiger partial charge on any atom is -0.377 e. The van der Waals surface area contributed by atoms with Crippen LogP contribution >= 0.6 is 0 Å². The van der Waals surface area contributed by atoms with E-state index in [4.69, 9.17) is 4.74 Å². The van der Waals surface area contributed by atoms with Crippen LogP contribution in [0.1, 0.15) is 55.4 Å². The van der Waals surface area contributed by atoms with E-state index in [1.54, 1.807) is 0 Å². The summed E-state index contributed by atoms with van der Waals surface area (Å²) in [7, 11) is 0. The molecular formula is C17H36N2O. The van der Waals surface area contributed by atoms with Crippen LogP contribution in [0.2, 0.25) is 0 Å². The largest absolute Gasteiger partial charge is 0.377 e. The van der Waals surface area contributed by atoms with Crippen molar-refractivity contribution in [1.82, 2.24) is 10.2 Å². The lowest BCUT2D eigenvalue weighted by Gasteiger charge is -2.49. The maximum absolute atomic E-state index is 5.76. The second-order valence-electron chi connectivity index (χ2n) is 8.62. The molecule has 0 bridgehead atoms. The number of ether oxygens (including phenoxy) is 1. The molecule has 3 nitrogen and oxygen atoms in total. The highest BCUT2D eigenvalue weighted by Crippen LogP contribution is 2.30. The van der Waals surface area contributed by atoms with E-state index in [0.717, 1.165) is 26.2 Å². The van der Waals surface area contributed by atoms with Gasteiger partial charge in [0, 0.05) is 31.7 Å². The molecule has 1 aliphatic rings. The molecule has 1 N–H and O–H groups in total. The molecule has 0 aromatic rings. The summed E-state index contributed by atoms with van der Waals surface area (Å²) in [5.74, 6) is 0. The molecular weight excluding hydrogens is 248 g/mol. The Morgan fingerprint density at radius 1 is 1.10 bits per heavy atom. The van der Waals surface area contributed by atoms with E-state index in [2.05, 4.69) is 65.6 Å². The highest BCUT2D eigenvalue weighted by atomic mass is 16.5. The molecule has 0 aliphatic carbocycles. The summed E-state index contributed by atoms with van der Waals surface area (Å²) in [4.78, 5) is 2.63. The quantitative estimate of drug-likeness (QED) is 0.858. The molecule has 0 amide bonds. The van der Waals surface area contributed by atoms with Gasteiger partial charge in [0.25, 0.3) is 0 Å². The molecule has 0 radical (unpaired) electrons. The van der Waals surface area contributed by atoms with Gasteiger partial charge in [-0.2, -0.15) is 0 Å². The van der Waals surface area contributed by atoms with E-state index in [1.807, 2.05) is 0 Å². The number of piperazine rings is 1. The fraction of sp³-hybridized carbons (Fsp3) is 1.00. The summed E-state index contributed by atoms with van der Waals surface area (Å²) in [5.41, 5.74) is 0.605. The third-order valence-electron chi connectivity index (χ3n) is 4.29. The normalized spacial score (nSPS) is 26.2. The summed E-state index contributed by atoms with van der Waals surface area (Å²) in [6.07, 6.45) is 0.324. The molecule has 1 rings (SSSR count). The molecule has 0 aromatic heterocycles. The van der Waals surface area contributed by atoms with Crippen LogP contribution in [0.25, 0.3) is 0 Å². The van der Waals surface area contributed by atoms with E-state index >= 15 is 0 Å². The van der Waals surface area contributed by atoms with Crippen molar-refractivity contribution in [3.8, 4) is 0 Å². The Morgan fingerprint density at radius 2 is 1.70 bits per heavy atom. The highest BCUT2D eigenvalue weighted by Gasteiger charge is 2.38. The van der Waals surface area contributed by atoms with Gasteiger partial charge in [-0.05, 0) is 24.7 Å². The van der Waals surface area contributed by atoms with Gasteiger partial charge in [-0.15, -0.1) is 0 Å². The van der Waals surface area contributed by atoms with Crippen LogP contribution in [0, 0.1) is 10.8 Å². The molecule has 2 atom stereocenters. The first kappa shape index (κ1) is 17.9. The van der Waals surface area contributed by atoms with Gasteiger partial charge in [0.05, 0.1) is 12.7 Å². The Morgan fingerprint density at radius 3 is 2.15 bits per heavy atom. The fourth-order valence-corrected chi connectivity index (χ4v) is 2.90. The van der Waals surface area contributed by atoms with Gasteiger partial charge in [-0.1, -0.05) is 41.5 Å². The molecule has 0 saturated carbocycles. The lowest BCUT2D eigenvalue weighted by Crippen LogP contribution is -2.63. The first-order valence-corrected chi connectivity index (χ1v) is 8.11. The Hall–Kier alpha value is -0.120. The van der Waals surface area contributed by atoms with Crippen molar-refractivity contribution in [1.29, 1.82) is 0 Å². The summed E-state index contributed by atoms with van der Waals surface area (Å²) >= 11 is 0. The number of nitrogens with one attached hydrogen (secondary N) is 1. The zero-order valence-corrected chi connectivity index (χ0v) is 14.9. The maximum atomic E-state index is 5.76. The predicted octanol–water partition coefficient (Wildman–Crippen LogP) is 3.15. The number of nitrogens with zero attached hydrogens (tertiary/aromatic N) is 1. The van der Waals surface area contributed by atoms with Crippen molar-refractivity contribution in [3.63, 3.8) is 0 Å². The SMILES string of the molecule is CC(C)OCCN1CC(C(C)(C)C)NCC1C(C)(C)C. The van der Waals surface area contributed by atoms with Crippen molar-refractivity contribution < 1.29 is 4.74 Å². The molecule has 1 aliphatic heterocycles. The van der Waals surface area contributed by atoms with Crippen LogP contribution in [0.4, 0.5) is 0 Å². The second kappa shape index (κ2) is 6.76. The van der Waals surface area contributed by atoms with Crippen LogP contribution in [0.5, 0.6) is 0 Å². The van der Waals surface area contributed by atoms with Crippen LogP contribution in [-0.2, 0) is 4.74 Å². The molecule has 0 aromatic carbocycles. The lowest BCUT2D eigenvalue weighted by atomic mass is 9.79. The van der Waals surface area contributed by atoms with E-state index in [-0.39, 0.29) is 0 Å². The molecule has 1 saturated heterocycles. The summed E-state index contributed by atoms with van der Waals surface area (Å²) in [5, 5.41) is 3.76. The fourth-order valence-electron chi connectivity index (χ4n) is 2.90. The standard InChI is InChI=1S/C17H36N2O/c1-13(2)20-10-9-19-12-14(16(3,4)5)18-11-15(19)17(6,7)8/h13-15,18H,9-12H2,1-8H3. The third kappa shape index (κ3) is 5.34. The molecule has 1 fully saturated rings. The average Bonchev–Trinajstić information content (AvgIpc) is 2.25. The molecule has 0 spiro atoms. The van der Waals surface area contributed by atoms with Gasteiger partial charge in [0.15, 0.2) is 0 Å². The zero-order valence-electron chi connectivity index (χ0n) is 14.9.